The van der Waals surface area contributed by atoms with Crippen LogP contribution in [0.25, 0.3) is 0 Å². The quantitative estimate of drug-likeness (QED) is 0.634. The third kappa shape index (κ3) is 3.13. The van der Waals surface area contributed by atoms with Crippen molar-refractivity contribution in [2.45, 2.75) is 39.8 Å². The molecule has 2 aromatic rings. The second-order valence-corrected chi connectivity index (χ2v) is 4.05. The highest BCUT2D eigenvalue weighted by Crippen LogP contribution is 2.02. The van der Waals surface area contributed by atoms with Gasteiger partial charge in [-0.1, -0.05) is 13.3 Å². The maximum absolute atomic E-state index is 11.7. The van der Waals surface area contributed by atoms with Gasteiger partial charge in [0.1, 0.15) is 6.54 Å². The molecular formula is C10H16N8O2. The molecule has 0 saturated heterocycles. The molecule has 0 aliphatic heterocycles. The third-order valence-corrected chi connectivity index (χ3v) is 2.61. The van der Waals surface area contributed by atoms with Crippen LogP contribution < -0.4 is 0 Å². The van der Waals surface area contributed by atoms with E-state index in [2.05, 4.69) is 38.0 Å². The van der Waals surface area contributed by atoms with Crippen molar-refractivity contribution in [3.63, 3.8) is 0 Å². The first kappa shape index (κ1) is 14.0. The summed E-state index contributed by atoms with van der Waals surface area (Å²) in [5, 5.41) is 22.4. The van der Waals surface area contributed by atoms with E-state index in [1.54, 1.807) is 11.6 Å². The molecule has 10 heteroatoms. The number of nitrogens with zero attached hydrogens (tertiary/aromatic N) is 8. The fourth-order valence-electron chi connectivity index (χ4n) is 1.60. The van der Waals surface area contributed by atoms with Gasteiger partial charge in [-0.25, -0.2) is 14.2 Å². The standard InChI is InChI=1S/C10H16N8O2/c1-3-5-6-17-8(11-13-15-17)7-18-9(12-14-16-18)10(19)20-4-2/h3-7H2,1-2H3. The summed E-state index contributed by atoms with van der Waals surface area (Å²) in [5.41, 5.74) is 0. The number of ether oxygens (including phenoxy) is 1. The van der Waals surface area contributed by atoms with E-state index in [1.165, 1.54) is 4.68 Å². The van der Waals surface area contributed by atoms with Crippen molar-refractivity contribution in [3.05, 3.63) is 11.6 Å². The highest BCUT2D eigenvalue weighted by Gasteiger charge is 2.18. The second-order valence-electron chi connectivity index (χ2n) is 4.05. The average molecular weight is 280 g/mol. The molecule has 0 spiro atoms. The summed E-state index contributed by atoms with van der Waals surface area (Å²) < 4.78 is 7.89. The zero-order valence-corrected chi connectivity index (χ0v) is 11.4. The highest BCUT2D eigenvalue weighted by molar-refractivity contribution is 5.85. The molecule has 20 heavy (non-hydrogen) atoms. The maximum Gasteiger partial charge on any atom is 0.378 e. The number of carbonyl (C=O) groups is 1. The minimum Gasteiger partial charge on any atom is -0.460 e. The molecule has 0 N–H and O–H groups in total. The molecule has 0 amide bonds. The maximum atomic E-state index is 11.7. The third-order valence-electron chi connectivity index (χ3n) is 2.61. The lowest BCUT2D eigenvalue weighted by Gasteiger charge is -2.05. The van der Waals surface area contributed by atoms with Gasteiger partial charge in [-0.3, -0.25) is 0 Å². The van der Waals surface area contributed by atoms with Crippen LogP contribution in [-0.4, -0.2) is 53.0 Å². The van der Waals surface area contributed by atoms with Gasteiger partial charge in [0.15, 0.2) is 5.82 Å². The molecule has 0 aromatic carbocycles. The van der Waals surface area contributed by atoms with Crippen LogP contribution in [0.1, 0.15) is 43.1 Å². The van der Waals surface area contributed by atoms with Crippen molar-refractivity contribution in [2.24, 2.45) is 0 Å². The monoisotopic (exact) mass is 280 g/mol. The number of carbonyl (C=O) groups excluding carboxylic acids is 1. The average Bonchev–Trinajstić information content (AvgIpc) is 3.06. The van der Waals surface area contributed by atoms with E-state index in [0.29, 0.717) is 5.82 Å². The predicted molar refractivity (Wildman–Crippen MR) is 65.6 cm³/mol. The van der Waals surface area contributed by atoms with E-state index in [4.69, 9.17) is 4.74 Å². The van der Waals surface area contributed by atoms with Crippen molar-refractivity contribution in [1.29, 1.82) is 0 Å². The van der Waals surface area contributed by atoms with E-state index < -0.39 is 5.97 Å². The summed E-state index contributed by atoms with van der Waals surface area (Å²) in [6.07, 6.45) is 2.01. The molecule has 0 atom stereocenters. The Morgan fingerprint density at radius 3 is 2.65 bits per heavy atom. The summed E-state index contributed by atoms with van der Waals surface area (Å²) in [7, 11) is 0. The summed E-state index contributed by atoms with van der Waals surface area (Å²) in [6.45, 7) is 5.01. The van der Waals surface area contributed by atoms with Crippen LogP contribution in [0.15, 0.2) is 0 Å². The van der Waals surface area contributed by atoms with Gasteiger partial charge in [-0.05, 0) is 34.2 Å². The Labute approximate surface area is 115 Å². The Balaban J connectivity index is 2.12. The van der Waals surface area contributed by atoms with Crippen LogP contribution in [0.5, 0.6) is 0 Å². The van der Waals surface area contributed by atoms with E-state index in [-0.39, 0.29) is 19.0 Å². The van der Waals surface area contributed by atoms with Crippen molar-refractivity contribution >= 4 is 5.97 Å². The number of hydrogen-bond donors (Lipinski definition) is 0. The van der Waals surface area contributed by atoms with E-state index in [9.17, 15) is 4.79 Å². The molecule has 0 unspecified atom stereocenters. The van der Waals surface area contributed by atoms with Gasteiger partial charge in [0.25, 0.3) is 5.82 Å². The van der Waals surface area contributed by atoms with E-state index >= 15 is 0 Å². The van der Waals surface area contributed by atoms with Crippen molar-refractivity contribution in [1.82, 2.24) is 40.4 Å². The molecule has 2 rings (SSSR count). The molecule has 0 saturated carbocycles. The molecule has 0 aliphatic rings. The van der Waals surface area contributed by atoms with Crippen molar-refractivity contribution < 1.29 is 9.53 Å². The number of esters is 1. The van der Waals surface area contributed by atoms with E-state index in [1.807, 2.05) is 0 Å². The lowest BCUT2D eigenvalue weighted by molar-refractivity contribution is 0.0505. The fraction of sp³-hybridized carbons (Fsp3) is 0.700. The molecular weight excluding hydrogens is 264 g/mol. The Kier molecular flexibility index (Phi) is 4.69. The van der Waals surface area contributed by atoms with Crippen LogP contribution in [0.4, 0.5) is 0 Å². The fourth-order valence-corrected chi connectivity index (χ4v) is 1.60. The minimum atomic E-state index is -0.565. The van der Waals surface area contributed by atoms with Crippen LogP contribution in [0, 0.1) is 0 Å². The predicted octanol–water partition coefficient (Wildman–Crippen LogP) is -0.315. The van der Waals surface area contributed by atoms with Crippen LogP contribution in [0.2, 0.25) is 0 Å². The first-order chi connectivity index (χ1) is 9.76. The molecule has 0 bridgehead atoms. The molecule has 2 aromatic heterocycles. The van der Waals surface area contributed by atoms with Crippen LogP contribution >= 0.6 is 0 Å². The van der Waals surface area contributed by atoms with Gasteiger partial charge in [-0.2, -0.15) is 0 Å². The van der Waals surface area contributed by atoms with Gasteiger partial charge < -0.3 is 4.74 Å². The summed E-state index contributed by atoms with van der Waals surface area (Å²) >= 11 is 0. The SMILES string of the molecule is CCCCn1nnnc1Cn1nnnc1C(=O)OCC. The number of hydrogen-bond acceptors (Lipinski definition) is 8. The van der Waals surface area contributed by atoms with Crippen LogP contribution in [0.3, 0.4) is 0 Å². The zero-order valence-electron chi connectivity index (χ0n) is 11.4. The number of rotatable bonds is 7. The number of tetrazole rings is 2. The van der Waals surface area contributed by atoms with Gasteiger partial charge in [0.05, 0.1) is 6.61 Å². The summed E-state index contributed by atoms with van der Waals surface area (Å²) in [6, 6.07) is 0. The minimum absolute atomic E-state index is 0.0388. The van der Waals surface area contributed by atoms with Crippen molar-refractivity contribution in [3.8, 4) is 0 Å². The smallest absolute Gasteiger partial charge is 0.378 e. The summed E-state index contributed by atoms with van der Waals surface area (Å²) in [4.78, 5) is 11.7. The lowest BCUT2D eigenvalue weighted by Crippen LogP contribution is -2.18. The largest absolute Gasteiger partial charge is 0.460 e. The highest BCUT2D eigenvalue weighted by atomic mass is 16.5. The molecule has 108 valence electrons. The Bertz CT molecular complexity index is 563. The zero-order chi connectivity index (χ0) is 14.4. The molecule has 0 aliphatic carbocycles. The van der Waals surface area contributed by atoms with Crippen molar-refractivity contribution in [2.75, 3.05) is 6.61 Å². The van der Waals surface area contributed by atoms with Gasteiger partial charge in [0, 0.05) is 6.54 Å². The number of aromatic nitrogens is 8. The van der Waals surface area contributed by atoms with Gasteiger partial charge in [0.2, 0.25) is 0 Å². The normalized spacial score (nSPS) is 10.7. The Hall–Kier alpha value is -2.39. The van der Waals surface area contributed by atoms with E-state index in [0.717, 1.165) is 19.4 Å². The van der Waals surface area contributed by atoms with Gasteiger partial charge in [-0.15, -0.1) is 10.2 Å². The first-order valence-electron chi connectivity index (χ1n) is 6.44. The number of unbranched alkanes of at least 4 members (excludes halogenated alkanes) is 1. The molecule has 10 nitrogen and oxygen atoms in total. The molecule has 0 radical (unpaired) electrons. The topological polar surface area (TPSA) is 114 Å². The van der Waals surface area contributed by atoms with Crippen LogP contribution in [-0.2, 0) is 17.8 Å². The molecule has 0 fully saturated rings. The Morgan fingerprint density at radius 1 is 1.15 bits per heavy atom. The second kappa shape index (κ2) is 6.68. The Morgan fingerprint density at radius 2 is 1.90 bits per heavy atom. The first-order valence-corrected chi connectivity index (χ1v) is 6.44. The molecule has 2 heterocycles. The van der Waals surface area contributed by atoms with Gasteiger partial charge >= 0.3 is 5.97 Å². The summed E-state index contributed by atoms with van der Waals surface area (Å²) in [5.74, 6) is 0.0678. The number of aryl methyl sites for hydroxylation is 1. The lowest BCUT2D eigenvalue weighted by atomic mass is 10.3.